The zero-order valence-electron chi connectivity index (χ0n) is 19.6. The van der Waals surface area contributed by atoms with Gasteiger partial charge in [-0.1, -0.05) is 64.0 Å². The SMILES string of the molecule is CCCCCCC/C=C/CCCCCCCC1NC=C[N+]1(CC)CCNC(C)=O. The third kappa shape index (κ3) is 11.5. The predicted molar refractivity (Wildman–Crippen MR) is 125 cm³/mol. The highest BCUT2D eigenvalue weighted by Crippen LogP contribution is 2.22. The van der Waals surface area contributed by atoms with Gasteiger partial charge in [-0.2, -0.15) is 0 Å². The summed E-state index contributed by atoms with van der Waals surface area (Å²) in [6.45, 7) is 8.90. The first-order valence-corrected chi connectivity index (χ1v) is 12.3. The Balaban J connectivity index is 2.04. The predicted octanol–water partition coefficient (Wildman–Crippen LogP) is 6.01. The van der Waals surface area contributed by atoms with Gasteiger partial charge in [-0.05, 0) is 39.0 Å². The van der Waals surface area contributed by atoms with E-state index in [1.807, 2.05) is 0 Å². The highest BCUT2D eigenvalue weighted by atomic mass is 16.1. The van der Waals surface area contributed by atoms with Crippen LogP contribution >= 0.6 is 0 Å². The van der Waals surface area contributed by atoms with Crippen LogP contribution in [0, 0.1) is 0 Å². The fraction of sp³-hybridized carbons (Fsp3) is 0.800. The van der Waals surface area contributed by atoms with Gasteiger partial charge in [0.05, 0.1) is 19.3 Å². The number of nitrogens with zero attached hydrogens (tertiary/aromatic N) is 1. The quantitative estimate of drug-likeness (QED) is 0.166. The molecule has 0 saturated heterocycles. The molecule has 1 amide bonds. The van der Waals surface area contributed by atoms with E-state index in [4.69, 9.17) is 0 Å². The van der Waals surface area contributed by atoms with Gasteiger partial charge in [0.1, 0.15) is 12.7 Å². The van der Waals surface area contributed by atoms with E-state index >= 15 is 0 Å². The summed E-state index contributed by atoms with van der Waals surface area (Å²) in [6.07, 6.45) is 26.9. The van der Waals surface area contributed by atoms with Gasteiger partial charge in [-0.25, -0.2) is 0 Å². The maximum Gasteiger partial charge on any atom is 0.217 e. The monoisotopic (exact) mass is 406 g/mol. The molecule has 0 aromatic rings. The number of unbranched alkanes of at least 4 members (excludes halogenated alkanes) is 10. The Morgan fingerprint density at radius 1 is 0.966 bits per heavy atom. The minimum atomic E-state index is 0.0637. The van der Waals surface area contributed by atoms with Crippen molar-refractivity contribution in [3.63, 3.8) is 0 Å². The highest BCUT2D eigenvalue weighted by molar-refractivity contribution is 5.72. The lowest BCUT2D eigenvalue weighted by molar-refractivity contribution is -0.898. The Morgan fingerprint density at radius 3 is 2.21 bits per heavy atom. The van der Waals surface area contributed by atoms with Crippen molar-refractivity contribution in [1.29, 1.82) is 0 Å². The molecule has 0 radical (unpaired) electrons. The van der Waals surface area contributed by atoms with Crippen LogP contribution in [0.5, 0.6) is 0 Å². The maximum absolute atomic E-state index is 11.2. The van der Waals surface area contributed by atoms with E-state index in [1.165, 1.54) is 83.5 Å². The normalized spacial score (nSPS) is 21.0. The first-order chi connectivity index (χ1) is 14.1. The van der Waals surface area contributed by atoms with Gasteiger partial charge in [0.2, 0.25) is 5.91 Å². The van der Waals surface area contributed by atoms with Crippen LogP contribution in [0.25, 0.3) is 0 Å². The average Bonchev–Trinajstić information content (AvgIpc) is 3.11. The van der Waals surface area contributed by atoms with E-state index in [2.05, 4.69) is 49.0 Å². The lowest BCUT2D eigenvalue weighted by Gasteiger charge is -2.37. The van der Waals surface area contributed by atoms with Crippen LogP contribution in [-0.2, 0) is 4.79 Å². The molecule has 0 aromatic heterocycles. The van der Waals surface area contributed by atoms with Crippen molar-refractivity contribution >= 4 is 5.91 Å². The molecule has 0 fully saturated rings. The van der Waals surface area contributed by atoms with E-state index in [0.29, 0.717) is 6.17 Å². The largest absolute Gasteiger partial charge is 0.351 e. The number of quaternary nitrogens is 1. The lowest BCUT2D eigenvalue weighted by Crippen LogP contribution is -2.55. The molecule has 2 unspecified atom stereocenters. The standard InChI is InChI=1S/C25H47N3O/c1-4-6-7-8-9-10-11-12-13-14-15-16-17-18-19-25-27-21-23-28(25,5-2)22-20-26-24(3)29/h11-12,21,23,25,27H,4-10,13-20,22H2,1-3H3/p+1/b12-11+. The number of carbonyl (C=O) groups excluding carboxylic acids is 1. The fourth-order valence-electron chi connectivity index (χ4n) is 4.28. The van der Waals surface area contributed by atoms with Crippen molar-refractivity contribution < 1.29 is 9.28 Å². The Bertz CT molecular complexity index is 475. The average molecular weight is 407 g/mol. The number of carbonyl (C=O) groups is 1. The van der Waals surface area contributed by atoms with E-state index in [0.717, 1.165) is 24.1 Å². The smallest absolute Gasteiger partial charge is 0.217 e. The molecule has 0 aliphatic carbocycles. The minimum Gasteiger partial charge on any atom is -0.351 e. The summed E-state index contributed by atoms with van der Waals surface area (Å²) in [7, 11) is 0. The number of hydrogen-bond acceptors (Lipinski definition) is 2. The Labute approximate surface area is 180 Å². The summed E-state index contributed by atoms with van der Waals surface area (Å²) in [5.74, 6) is 0.0637. The molecule has 0 spiro atoms. The number of likely N-dealkylation sites (N-methyl/N-ethyl adjacent to an activating group) is 1. The van der Waals surface area contributed by atoms with Gasteiger partial charge in [0, 0.05) is 13.3 Å². The molecule has 4 heteroatoms. The van der Waals surface area contributed by atoms with Crippen LogP contribution in [0.3, 0.4) is 0 Å². The second kappa shape index (κ2) is 16.5. The highest BCUT2D eigenvalue weighted by Gasteiger charge is 2.36. The third-order valence-electron chi connectivity index (χ3n) is 6.26. The summed E-state index contributed by atoms with van der Waals surface area (Å²) >= 11 is 0. The minimum absolute atomic E-state index is 0.0637. The van der Waals surface area contributed by atoms with Crippen molar-refractivity contribution in [3.05, 3.63) is 24.6 Å². The topological polar surface area (TPSA) is 41.1 Å². The summed E-state index contributed by atoms with van der Waals surface area (Å²) in [5, 5.41) is 6.50. The number of allylic oxidation sites excluding steroid dienone is 2. The van der Waals surface area contributed by atoms with Crippen LogP contribution < -0.4 is 10.6 Å². The first kappa shape index (κ1) is 25.7. The van der Waals surface area contributed by atoms with Gasteiger partial charge in [0.15, 0.2) is 6.17 Å². The molecule has 2 atom stereocenters. The molecule has 1 aliphatic rings. The van der Waals surface area contributed by atoms with E-state index in [-0.39, 0.29) is 5.91 Å². The Morgan fingerprint density at radius 2 is 1.59 bits per heavy atom. The van der Waals surface area contributed by atoms with Crippen molar-refractivity contribution in [1.82, 2.24) is 10.6 Å². The zero-order chi connectivity index (χ0) is 21.2. The molecule has 2 N–H and O–H groups in total. The molecule has 168 valence electrons. The maximum atomic E-state index is 11.2. The second-order valence-corrected chi connectivity index (χ2v) is 8.64. The van der Waals surface area contributed by atoms with Crippen LogP contribution in [-0.4, -0.2) is 36.2 Å². The fourth-order valence-corrected chi connectivity index (χ4v) is 4.28. The van der Waals surface area contributed by atoms with Gasteiger partial charge >= 0.3 is 0 Å². The molecule has 1 heterocycles. The molecule has 0 bridgehead atoms. The van der Waals surface area contributed by atoms with Gasteiger partial charge < -0.3 is 10.6 Å². The van der Waals surface area contributed by atoms with Gasteiger partial charge in [-0.15, -0.1) is 0 Å². The zero-order valence-corrected chi connectivity index (χ0v) is 19.6. The van der Waals surface area contributed by atoms with Crippen LogP contribution in [0.2, 0.25) is 0 Å². The molecular formula is C25H48N3O+. The summed E-state index contributed by atoms with van der Waals surface area (Å²) in [5.41, 5.74) is 0. The van der Waals surface area contributed by atoms with E-state index < -0.39 is 0 Å². The van der Waals surface area contributed by atoms with Crippen molar-refractivity contribution in [3.8, 4) is 0 Å². The summed E-state index contributed by atoms with van der Waals surface area (Å²) < 4.78 is 0.948. The lowest BCUT2D eigenvalue weighted by atomic mass is 10.1. The molecule has 0 aromatic carbocycles. The van der Waals surface area contributed by atoms with Crippen molar-refractivity contribution in [2.45, 2.75) is 110 Å². The van der Waals surface area contributed by atoms with Crippen LogP contribution in [0.4, 0.5) is 0 Å². The molecule has 4 nitrogen and oxygen atoms in total. The van der Waals surface area contributed by atoms with Crippen molar-refractivity contribution in [2.75, 3.05) is 19.6 Å². The van der Waals surface area contributed by atoms with Crippen LogP contribution in [0.1, 0.15) is 104 Å². The molecule has 29 heavy (non-hydrogen) atoms. The van der Waals surface area contributed by atoms with E-state index in [1.54, 1.807) is 6.92 Å². The van der Waals surface area contributed by atoms with Gasteiger partial charge in [-0.3, -0.25) is 9.28 Å². The molecule has 1 aliphatic heterocycles. The molecular weight excluding hydrogens is 358 g/mol. The van der Waals surface area contributed by atoms with Crippen LogP contribution in [0.15, 0.2) is 24.6 Å². The first-order valence-electron chi connectivity index (χ1n) is 12.3. The van der Waals surface area contributed by atoms with E-state index in [9.17, 15) is 4.79 Å². The summed E-state index contributed by atoms with van der Waals surface area (Å²) in [4.78, 5) is 11.2. The molecule has 0 saturated carbocycles. The number of rotatable bonds is 18. The number of nitrogens with one attached hydrogen (secondary N) is 2. The Kier molecular flexibility index (Phi) is 14.6. The molecule has 1 rings (SSSR count). The number of hydrogen-bond donors (Lipinski definition) is 2. The Hall–Kier alpha value is -1.29. The second-order valence-electron chi connectivity index (χ2n) is 8.64. The number of amides is 1. The van der Waals surface area contributed by atoms with Crippen molar-refractivity contribution in [2.24, 2.45) is 0 Å². The van der Waals surface area contributed by atoms with Gasteiger partial charge in [0.25, 0.3) is 0 Å². The summed E-state index contributed by atoms with van der Waals surface area (Å²) in [6, 6.07) is 0. The third-order valence-corrected chi connectivity index (χ3v) is 6.26.